The average Bonchev–Trinajstić information content (AvgIpc) is 2.91. The van der Waals surface area contributed by atoms with E-state index in [1.54, 1.807) is 30.3 Å². The van der Waals surface area contributed by atoms with Gasteiger partial charge in [0.15, 0.2) is 11.5 Å². The zero-order chi connectivity index (χ0) is 29.5. The van der Waals surface area contributed by atoms with E-state index in [2.05, 4.69) is 20.5 Å². The summed E-state index contributed by atoms with van der Waals surface area (Å²) < 4.78 is 67.9. The van der Waals surface area contributed by atoms with Gasteiger partial charge in [-0.3, -0.25) is 9.11 Å². The van der Waals surface area contributed by atoms with Gasteiger partial charge in [-0.2, -0.15) is 27.1 Å². The number of nitrogen functional groups attached to an aromatic ring is 1. The largest absolute Gasteiger partial charge is 0.505 e. The van der Waals surface area contributed by atoms with Gasteiger partial charge in [0.25, 0.3) is 20.2 Å². The predicted octanol–water partition coefficient (Wildman–Crippen LogP) is 5.93. The predicted molar refractivity (Wildman–Crippen MR) is 156 cm³/mol. The van der Waals surface area contributed by atoms with E-state index >= 15 is 0 Å². The summed E-state index contributed by atoms with van der Waals surface area (Å²) >= 11 is 0. The second kappa shape index (κ2) is 11.7. The third-order valence-corrected chi connectivity index (χ3v) is 7.69. The fourth-order valence-electron chi connectivity index (χ4n) is 4.07. The number of nitrogens with zero attached hydrogens (tertiary/aromatic N) is 4. The smallest absolute Gasteiger partial charge is 0.296 e. The van der Waals surface area contributed by atoms with E-state index in [0.717, 1.165) is 12.1 Å². The van der Waals surface area contributed by atoms with E-state index < -0.39 is 52.9 Å². The first-order valence-corrected chi connectivity index (χ1v) is 14.4. The molecule has 5 aromatic carbocycles. The number of phenols is 2. The number of aromatic hydroxyl groups is 2. The van der Waals surface area contributed by atoms with Crippen molar-refractivity contribution in [3.05, 3.63) is 78.9 Å². The zero-order valence-electron chi connectivity index (χ0n) is 21.6. The second-order valence-electron chi connectivity index (χ2n) is 8.72. The molecule has 209 valence electrons. The number of hydrogen-bond donors (Lipinski definition) is 5. The number of benzene rings is 5. The molecule has 0 aromatic heterocycles. The van der Waals surface area contributed by atoms with Crippen LogP contribution in [-0.4, -0.2) is 65.7 Å². The van der Waals surface area contributed by atoms with Crippen molar-refractivity contribution in [3.8, 4) is 11.5 Å². The van der Waals surface area contributed by atoms with Crippen molar-refractivity contribution in [1.29, 1.82) is 0 Å². The van der Waals surface area contributed by atoms with Crippen LogP contribution in [0.1, 0.15) is 0 Å². The Bertz CT molecular complexity index is 2140. The maximum atomic E-state index is 12.1. The summed E-state index contributed by atoms with van der Waals surface area (Å²) in [6.07, 6.45) is 0. The van der Waals surface area contributed by atoms with Gasteiger partial charge in [0, 0.05) is 46.0 Å². The standard InChI is InChI=1S/C26H19N5O8S2.Na/c27-16-6-8-19-14(10-16)12-21(40(34,35)36)24(25(19)32)31-29-18-7-9-20-15(11-18)13-22(41(37,38)39)23(26(20)33)30-28-17-4-2-1-3-5-17;/h1-13,32-33H,27H2,(H,34,35,36)(H,37,38,39);. The van der Waals surface area contributed by atoms with E-state index in [9.17, 15) is 36.2 Å². The molecular formula is C26H19N5NaO8S2. The maximum absolute atomic E-state index is 12.1. The first kappa shape index (κ1) is 31.0. The molecule has 0 spiro atoms. The van der Waals surface area contributed by atoms with Crippen LogP contribution >= 0.6 is 0 Å². The first-order valence-electron chi connectivity index (χ1n) is 11.5. The van der Waals surface area contributed by atoms with Gasteiger partial charge >= 0.3 is 0 Å². The topological polar surface area (TPSA) is 225 Å². The fraction of sp³-hybridized carbons (Fsp3) is 0. The molecule has 0 unspecified atom stereocenters. The monoisotopic (exact) mass is 616 g/mol. The van der Waals surface area contributed by atoms with Crippen molar-refractivity contribution >= 4 is 99.8 Å². The van der Waals surface area contributed by atoms with Crippen molar-refractivity contribution in [3.63, 3.8) is 0 Å². The van der Waals surface area contributed by atoms with Crippen LogP contribution in [0.2, 0.25) is 0 Å². The van der Waals surface area contributed by atoms with Crippen LogP contribution in [0.3, 0.4) is 0 Å². The number of phenolic OH excluding ortho intramolecular Hbond substituents is 2. The Morgan fingerprint density at radius 1 is 0.571 bits per heavy atom. The van der Waals surface area contributed by atoms with Crippen molar-refractivity contribution in [1.82, 2.24) is 0 Å². The average molecular weight is 617 g/mol. The molecule has 0 fully saturated rings. The third-order valence-electron chi connectivity index (χ3n) is 5.95. The molecule has 5 aromatic rings. The Morgan fingerprint density at radius 3 is 1.57 bits per heavy atom. The first-order chi connectivity index (χ1) is 19.3. The van der Waals surface area contributed by atoms with Gasteiger partial charge in [-0.1, -0.05) is 18.2 Å². The van der Waals surface area contributed by atoms with E-state index in [4.69, 9.17) is 5.73 Å². The van der Waals surface area contributed by atoms with Crippen molar-refractivity contribution < 1.29 is 36.2 Å². The van der Waals surface area contributed by atoms with Gasteiger partial charge in [0.1, 0.15) is 21.2 Å². The van der Waals surface area contributed by atoms with Gasteiger partial charge in [0.2, 0.25) is 0 Å². The number of nitrogens with two attached hydrogens (primary N) is 1. The molecule has 1 radical (unpaired) electrons. The normalized spacial score (nSPS) is 12.3. The quantitative estimate of drug-likeness (QED) is 0.0658. The van der Waals surface area contributed by atoms with Gasteiger partial charge < -0.3 is 15.9 Å². The Kier molecular flexibility index (Phi) is 8.65. The minimum Gasteiger partial charge on any atom is -0.505 e. The molecule has 0 atom stereocenters. The molecule has 13 nitrogen and oxygen atoms in total. The van der Waals surface area contributed by atoms with Crippen LogP contribution in [0, 0.1) is 0 Å². The number of rotatable bonds is 6. The molecular weight excluding hydrogens is 597 g/mol. The van der Waals surface area contributed by atoms with Crippen molar-refractivity contribution in [2.24, 2.45) is 20.5 Å². The van der Waals surface area contributed by atoms with E-state index in [-0.39, 0.29) is 56.8 Å². The Hall–Kier alpha value is -3.96. The molecule has 0 aliphatic carbocycles. The minimum absolute atomic E-state index is 0. The van der Waals surface area contributed by atoms with Crippen LogP contribution in [0.15, 0.2) is 109 Å². The number of hydrogen-bond acceptors (Lipinski definition) is 11. The van der Waals surface area contributed by atoms with E-state index in [1.165, 1.54) is 36.4 Å². The fourth-order valence-corrected chi connectivity index (χ4v) is 5.38. The molecule has 6 N–H and O–H groups in total. The SMILES string of the molecule is Nc1ccc2c(O)c(N=Nc3ccc4c(O)c(N=Nc5ccccc5)c(S(=O)(=O)O)cc4c3)c(S(=O)(=O)O)cc2c1.[Na]. The summed E-state index contributed by atoms with van der Waals surface area (Å²) in [5, 5.41) is 37.8. The van der Waals surface area contributed by atoms with Crippen LogP contribution < -0.4 is 5.73 Å². The van der Waals surface area contributed by atoms with Gasteiger partial charge in [-0.25, -0.2) is 0 Å². The molecule has 0 bridgehead atoms. The van der Waals surface area contributed by atoms with Crippen LogP contribution in [0.5, 0.6) is 11.5 Å². The summed E-state index contributed by atoms with van der Waals surface area (Å²) in [5.74, 6) is -1.17. The molecule has 0 heterocycles. The van der Waals surface area contributed by atoms with E-state index in [1.807, 2.05) is 0 Å². The molecule has 16 heteroatoms. The Morgan fingerprint density at radius 2 is 1.05 bits per heavy atom. The zero-order valence-corrected chi connectivity index (χ0v) is 25.2. The second-order valence-corrected chi connectivity index (χ2v) is 11.5. The molecule has 0 amide bonds. The van der Waals surface area contributed by atoms with Gasteiger partial charge in [0.05, 0.1) is 11.4 Å². The van der Waals surface area contributed by atoms with E-state index in [0.29, 0.717) is 11.4 Å². The Balaban J connectivity index is 0.00000405. The minimum atomic E-state index is -4.88. The Labute approximate surface area is 260 Å². The van der Waals surface area contributed by atoms with Crippen LogP contribution in [0.25, 0.3) is 21.5 Å². The number of azo groups is 2. The van der Waals surface area contributed by atoms with Crippen molar-refractivity contribution in [2.75, 3.05) is 5.73 Å². The molecule has 0 aliphatic rings. The molecule has 0 saturated carbocycles. The summed E-state index contributed by atoms with van der Waals surface area (Å²) in [6, 6.07) is 18.8. The molecule has 0 aliphatic heterocycles. The van der Waals surface area contributed by atoms with Gasteiger partial charge in [-0.15, -0.1) is 10.2 Å². The third kappa shape index (κ3) is 6.27. The van der Waals surface area contributed by atoms with Crippen molar-refractivity contribution in [2.45, 2.75) is 9.79 Å². The molecule has 0 saturated heterocycles. The van der Waals surface area contributed by atoms with Crippen LogP contribution in [-0.2, 0) is 20.2 Å². The summed E-state index contributed by atoms with van der Waals surface area (Å²) in [7, 11) is -9.73. The van der Waals surface area contributed by atoms with Gasteiger partial charge in [-0.05, 0) is 71.4 Å². The number of anilines is 1. The molecule has 5 rings (SSSR count). The summed E-state index contributed by atoms with van der Waals surface area (Å²) in [5.41, 5.74) is 5.39. The van der Waals surface area contributed by atoms with Crippen LogP contribution in [0.4, 0.5) is 28.4 Å². The summed E-state index contributed by atoms with van der Waals surface area (Å²) in [4.78, 5) is -1.45. The molecule has 42 heavy (non-hydrogen) atoms. The number of fused-ring (bicyclic) bond motifs is 2. The summed E-state index contributed by atoms with van der Waals surface area (Å²) in [6.45, 7) is 0. The maximum Gasteiger partial charge on any atom is 0.296 e.